The molecule has 12 heavy (non-hydrogen) atoms. The Labute approximate surface area is 68.1 Å². The normalized spacial score (nSPS) is 31.6. The molecule has 0 aromatic carbocycles. The molecule has 0 spiro atoms. The van der Waals surface area contributed by atoms with E-state index in [4.69, 9.17) is 0 Å². The predicted octanol–water partition coefficient (Wildman–Crippen LogP) is 1.12. The highest BCUT2D eigenvalue weighted by Crippen LogP contribution is 2.29. The van der Waals surface area contributed by atoms with Gasteiger partial charge < -0.3 is 10.1 Å². The third-order valence-electron chi connectivity index (χ3n) is 2.03. The van der Waals surface area contributed by atoms with E-state index in [1.807, 2.05) is 0 Å². The summed E-state index contributed by atoms with van der Waals surface area (Å²) >= 11 is 0. The molecular formula is C7H10F3NO. The second-order valence-corrected chi connectivity index (χ2v) is 2.92. The van der Waals surface area contributed by atoms with Crippen molar-refractivity contribution >= 4 is 6.29 Å². The average molecular weight is 181 g/mol. The van der Waals surface area contributed by atoms with Crippen LogP contribution in [0.1, 0.15) is 12.8 Å². The molecule has 0 bridgehead atoms. The van der Waals surface area contributed by atoms with E-state index in [1.54, 1.807) is 0 Å². The Bertz CT molecular complexity index is 169. The fourth-order valence-electron chi connectivity index (χ4n) is 1.42. The number of aldehydes is 1. The van der Waals surface area contributed by atoms with Crippen molar-refractivity contribution in [2.45, 2.75) is 25.1 Å². The molecule has 0 radical (unpaired) electrons. The van der Waals surface area contributed by atoms with Gasteiger partial charge >= 0.3 is 6.18 Å². The van der Waals surface area contributed by atoms with Gasteiger partial charge in [-0.05, 0) is 19.4 Å². The van der Waals surface area contributed by atoms with Crippen LogP contribution in [0.2, 0.25) is 0 Å². The topological polar surface area (TPSA) is 29.1 Å². The fourth-order valence-corrected chi connectivity index (χ4v) is 1.42. The molecule has 1 rings (SSSR count). The zero-order valence-electron chi connectivity index (χ0n) is 6.40. The summed E-state index contributed by atoms with van der Waals surface area (Å²) in [6, 6.07) is -1.64. The number of carbonyl (C=O) groups is 1. The maximum atomic E-state index is 12.2. The van der Waals surface area contributed by atoms with Gasteiger partial charge in [-0.25, -0.2) is 0 Å². The Morgan fingerprint density at radius 2 is 2.08 bits per heavy atom. The zero-order valence-corrected chi connectivity index (χ0v) is 6.40. The molecule has 1 fully saturated rings. The third kappa shape index (κ3) is 1.97. The molecule has 0 saturated carbocycles. The lowest BCUT2D eigenvalue weighted by molar-refractivity contribution is -0.173. The molecule has 2 nitrogen and oxygen atoms in total. The highest BCUT2D eigenvalue weighted by atomic mass is 19.4. The maximum absolute atomic E-state index is 12.2. The van der Waals surface area contributed by atoms with E-state index in [-0.39, 0.29) is 0 Å². The zero-order chi connectivity index (χ0) is 9.19. The Morgan fingerprint density at radius 1 is 1.42 bits per heavy atom. The number of carbonyl (C=O) groups excluding carboxylic acids is 1. The van der Waals surface area contributed by atoms with Crippen molar-refractivity contribution in [3.8, 4) is 0 Å². The number of halogens is 3. The van der Waals surface area contributed by atoms with Crippen LogP contribution in [-0.4, -0.2) is 25.0 Å². The number of piperidine rings is 1. The lowest BCUT2D eigenvalue weighted by Crippen LogP contribution is -2.51. The molecular weight excluding hydrogens is 171 g/mol. The quantitative estimate of drug-likeness (QED) is 0.614. The lowest BCUT2D eigenvalue weighted by Gasteiger charge is -2.30. The summed E-state index contributed by atoms with van der Waals surface area (Å²) in [5, 5.41) is 2.30. The number of hydrogen-bond donors (Lipinski definition) is 1. The predicted molar refractivity (Wildman–Crippen MR) is 36.6 cm³/mol. The molecule has 0 aliphatic carbocycles. The molecule has 1 aliphatic heterocycles. The van der Waals surface area contributed by atoms with Crippen LogP contribution in [0.15, 0.2) is 0 Å². The van der Waals surface area contributed by atoms with Crippen LogP contribution in [0.4, 0.5) is 13.2 Å². The summed E-state index contributed by atoms with van der Waals surface area (Å²) in [5.74, 6) is -0.904. The molecule has 1 saturated heterocycles. The first-order chi connectivity index (χ1) is 5.55. The summed E-state index contributed by atoms with van der Waals surface area (Å²) in [4.78, 5) is 10.3. The van der Waals surface area contributed by atoms with Gasteiger partial charge in [-0.1, -0.05) is 0 Å². The molecule has 0 aromatic heterocycles. The Kier molecular flexibility index (Phi) is 2.72. The summed E-state index contributed by atoms with van der Waals surface area (Å²) < 4.78 is 36.5. The largest absolute Gasteiger partial charge is 0.404 e. The van der Waals surface area contributed by atoms with Gasteiger partial charge in [-0.2, -0.15) is 13.2 Å². The highest BCUT2D eigenvalue weighted by molar-refractivity contribution is 5.55. The van der Waals surface area contributed by atoms with Crippen molar-refractivity contribution < 1.29 is 18.0 Å². The molecule has 5 heteroatoms. The van der Waals surface area contributed by atoms with E-state index in [0.717, 1.165) is 0 Å². The van der Waals surface area contributed by atoms with Crippen molar-refractivity contribution in [1.29, 1.82) is 0 Å². The van der Waals surface area contributed by atoms with Gasteiger partial charge in [0.05, 0.1) is 0 Å². The Morgan fingerprint density at radius 3 is 2.50 bits per heavy atom. The summed E-state index contributed by atoms with van der Waals surface area (Å²) in [7, 11) is 0. The molecule has 2 unspecified atom stereocenters. The fraction of sp³-hybridized carbons (Fsp3) is 0.857. The molecule has 1 aliphatic rings. The molecule has 1 N–H and O–H groups in total. The van der Waals surface area contributed by atoms with Gasteiger partial charge in [0.1, 0.15) is 12.3 Å². The van der Waals surface area contributed by atoms with Crippen LogP contribution in [0, 0.1) is 5.92 Å². The first kappa shape index (κ1) is 9.51. The van der Waals surface area contributed by atoms with Gasteiger partial charge in [0.2, 0.25) is 0 Å². The van der Waals surface area contributed by atoms with Gasteiger partial charge in [0, 0.05) is 5.92 Å². The highest BCUT2D eigenvalue weighted by Gasteiger charge is 2.45. The van der Waals surface area contributed by atoms with Crippen molar-refractivity contribution in [2.24, 2.45) is 5.92 Å². The minimum Gasteiger partial charge on any atom is -0.306 e. The van der Waals surface area contributed by atoms with Crippen molar-refractivity contribution in [3.05, 3.63) is 0 Å². The number of hydrogen-bond acceptors (Lipinski definition) is 2. The van der Waals surface area contributed by atoms with E-state index in [9.17, 15) is 18.0 Å². The maximum Gasteiger partial charge on any atom is 0.404 e. The van der Waals surface area contributed by atoms with E-state index in [2.05, 4.69) is 5.32 Å². The minimum absolute atomic E-state index is 0.334. The summed E-state index contributed by atoms with van der Waals surface area (Å²) in [6.45, 7) is 0.342. The van der Waals surface area contributed by atoms with Gasteiger partial charge in [0.15, 0.2) is 0 Å². The van der Waals surface area contributed by atoms with Crippen LogP contribution in [0.3, 0.4) is 0 Å². The average Bonchev–Trinajstić information content (AvgIpc) is 2.03. The second-order valence-electron chi connectivity index (χ2n) is 2.92. The van der Waals surface area contributed by atoms with E-state index in [1.165, 1.54) is 0 Å². The van der Waals surface area contributed by atoms with Crippen LogP contribution in [0.25, 0.3) is 0 Å². The number of rotatable bonds is 1. The van der Waals surface area contributed by atoms with E-state index >= 15 is 0 Å². The summed E-state index contributed by atoms with van der Waals surface area (Å²) in [6.07, 6.45) is -2.94. The number of nitrogens with one attached hydrogen (secondary N) is 1. The monoisotopic (exact) mass is 181 g/mol. The van der Waals surface area contributed by atoms with Crippen LogP contribution >= 0.6 is 0 Å². The first-order valence-electron chi connectivity index (χ1n) is 3.81. The minimum atomic E-state index is -4.30. The Balaban J connectivity index is 2.65. The molecule has 1 heterocycles. The van der Waals surface area contributed by atoms with E-state index < -0.39 is 18.1 Å². The van der Waals surface area contributed by atoms with Crippen LogP contribution in [-0.2, 0) is 4.79 Å². The van der Waals surface area contributed by atoms with E-state index in [0.29, 0.717) is 25.7 Å². The van der Waals surface area contributed by atoms with Crippen molar-refractivity contribution in [2.75, 3.05) is 6.54 Å². The van der Waals surface area contributed by atoms with Gasteiger partial charge in [0.25, 0.3) is 0 Å². The third-order valence-corrected chi connectivity index (χ3v) is 2.03. The lowest BCUT2D eigenvalue weighted by atomic mass is 9.92. The van der Waals surface area contributed by atoms with Gasteiger partial charge in [-0.15, -0.1) is 0 Å². The van der Waals surface area contributed by atoms with Crippen LogP contribution in [0.5, 0.6) is 0 Å². The number of alkyl halides is 3. The summed E-state index contributed by atoms with van der Waals surface area (Å²) in [5.41, 5.74) is 0. The molecule has 0 amide bonds. The molecule has 2 atom stereocenters. The SMILES string of the molecule is O=CC1CCCNC1C(F)(F)F. The smallest absolute Gasteiger partial charge is 0.306 e. The van der Waals surface area contributed by atoms with Crippen molar-refractivity contribution in [3.63, 3.8) is 0 Å². The van der Waals surface area contributed by atoms with Crippen LogP contribution < -0.4 is 5.32 Å². The Hall–Kier alpha value is -0.580. The first-order valence-corrected chi connectivity index (χ1v) is 3.81. The van der Waals surface area contributed by atoms with Crippen molar-refractivity contribution in [1.82, 2.24) is 5.32 Å². The van der Waals surface area contributed by atoms with Gasteiger partial charge in [-0.3, -0.25) is 0 Å². The molecule has 0 aromatic rings. The second kappa shape index (κ2) is 3.43. The standard InChI is InChI=1S/C7H10F3NO/c8-7(9,10)6-5(4-12)2-1-3-11-6/h4-6,11H,1-3H2. The molecule has 70 valence electrons.